The summed E-state index contributed by atoms with van der Waals surface area (Å²) in [6.07, 6.45) is 1.39. The summed E-state index contributed by atoms with van der Waals surface area (Å²) >= 11 is 2.36. The van der Waals surface area contributed by atoms with Gasteiger partial charge in [-0.15, -0.1) is 10.2 Å². The fourth-order valence-electron chi connectivity index (χ4n) is 2.20. The van der Waals surface area contributed by atoms with E-state index in [-0.39, 0.29) is 11.5 Å². The van der Waals surface area contributed by atoms with Crippen LogP contribution in [0.2, 0.25) is 0 Å². The first-order chi connectivity index (χ1) is 13.5. The Hall–Kier alpha value is -2.92. The second-order valence-corrected chi connectivity index (χ2v) is 7.77. The minimum absolute atomic E-state index is 0.272. The van der Waals surface area contributed by atoms with Gasteiger partial charge in [0.15, 0.2) is 10.2 Å². The molecule has 146 valence electrons. The number of anilines is 1. The molecule has 0 fully saturated rings. The zero-order valence-corrected chi connectivity index (χ0v) is 16.9. The molecule has 0 saturated carbocycles. The molecule has 3 rings (SSSR count). The maximum Gasteiger partial charge on any atom is 0.251 e. The maximum atomic E-state index is 12.4. The van der Waals surface area contributed by atoms with Gasteiger partial charge in [-0.3, -0.25) is 14.9 Å². The summed E-state index contributed by atoms with van der Waals surface area (Å²) in [5, 5.41) is 11.7. The largest absolute Gasteiger partial charge is 0.497 e. The lowest BCUT2D eigenvalue weighted by atomic mass is 10.2. The van der Waals surface area contributed by atoms with Gasteiger partial charge >= 0.3 is 0 Å². The summed E-state index contributed by atoms with van der Waals surface area (Å²) in [6, 6.07) is 6.67. The van der Waals surface area contributed by atoms with E-state index in [0.717, 1.165) is 11.8 Å². The van der Waals surface area contributed by atoms with Crippen molar-refractivity contribution in [3.8, 4) is 22.1 Å². The fraction of sp³-hybridized carbons (Fsp3) is 0.235. The maximum absolute atomic E-state index is 12.4. The molecule has 28 heavy (non-hydrogen) atoms. The van der Waals surface area contributed by atoms with Crippen LogP contribution in [0.15, 0.2) is 40.4 Å². The minimum atomic E-state index is -0.496. The van der Waals surface area contributed by atoms with Crippen molar-refractivity contribution in [3.05, 3.63) is 40.8 Å². The van der Waals surface area contributed by atoms with Crippen LogP contribution in [0.4, 0.5) is 5.13 Å². The van der Waals surface area contributed by atoms with Crippen molar-refractivity contribution in [1.82, 2.24) is 20.2 Å². The molecule has 0 aliphatic rings. The zero-order chi connectivity index (χ0) is 20.1. The monoisotopic (exact) mass is 419 g/mol. The van der Waals surface area contributed by atoms with Crippen LogP contribution in [-0.2, 0) is 4.79 Å². The molecule has 0 saturated heterocycles. The van der Waals surface area contributed by atoms with Crippen LogP contribution in [0.1, 0.15) is 6.92 Å². The van der Waals surface area contributed by atoms with E-state index in [2.05, 4.69) is 25.5 Å². The van der Waals surface area contributed by atoms with Gasteiger partial charge in [-0.1, -0.05) is 23.1 Å². The van der Waals surface area contributed by atoms with Gasteiger partial charge in [-0.05, 0) is 25.1 Å². The molecule has 0 radical (unpaired) electrons. The Morgan fingerprint density at radius 2 is 2.07 bits per heavy atom. The van der Waals surface area contributed by atoms with E-state index in [1.165, 1.54) is 23.6 Å². The van der Waals surface area contributed by atoms with E-state index in [0.29, 0.717) is 32.4 Å². The van der Waals surface area contributed by atoms with E-state index in [1.807, 2.05) is 0 Å². The number of H-pyrrole nitrogens is 1. The first-order valence-electron chi connectivity index (χ1n) is 8.09. The number of aromatic nitrogens is 4. The number of benzene rings is 1. The smallest absolute Gasteiger partial charge is 0.251 e. The third-order valence-electron chi connectivity index (χ3n) is 3.60. The third kappa shape index (κ3) is 4.67. The number of nitrogens with zero attached hydrogens (tertiary/aromatic N) is 3. The molecule has 2 N–H and O–H groups in total. The molecule has 11 heteroatoms. The lowest BCUT2D eigenvalue weighted by molar-refractivity contribution is -0.115. The molecule has 0 bridgehead atoms. The zero-order valence-electron chi connectivity index (χ0n) is 15.3. The fourth-order valence-corrected chi connectivity index (χ4v) is 3.75. The molecular weight excluding hydrogens is 402 g/mol. The molecule has 0 aliphatic carbocycles. The Balaban J connectivity index is 1.72. The van der Waals surface area contributed by atoms with E-state index in [1.54, 1.807) is 39.3 Å². The van der Waals surface area contributed by atoms with Gasteiger partial charge in [0.05, 0.1) is 25.0 Å². The predicted octanol–water partition coefficient (Wildman–Crippen LogP) is 2.42. The highest BCUT2D eigenvalue weighted by atomic mass is 32.2. The summed E-state index contributed by atoms with van der Waals surface area (Å²) in [5.41, 5.74) is 0.444. The molecule has 0 spiro atoms. The second kappa shape index (κ2) is 8.85. The van der Waals surface area contributed by atoms with Crippen molar-refractivity contribution >= 4 is 34.1 Å². The van der Waals surface area contributed by atoms with Crippen LogP contribution in [0, 0.1) is 0 Å². The molecule has 1 unspecified atom stereocenters. The molecule has 0 aliphatic heterocycles. The van der Waals surface area contributed by atoms with Gasteiger partial charge in [0.2, 0.25) is 11.0 Å². The highest BCUT2D eigenvalue weighted by molar-refractivity contribution is 8.00. The van der Waals surface area contributed by atoms with Crippen molar-refractivity contribution in [2.45, 2.75) is 17.3 Å². The standard InChI is InChI=1S/C17H17N5O4S2/c1-9(27-16-18-7-6-13(23)19-16)14(24)20-17-22-21-15(28-17)11-8-10(25-2)4-5-12(11)26-3/h4-9H,1-3H3,(H,18,19,23)(H,20,22,24). The van der Waals surface area contributed by atoms with Crippen LogP contribution in [0.3, 0.4) is 0 Å². The molecule has 9 nitrogen and oxygen atoms in total. The van der Waals surface area contributed by atoms with Gasteiger partial charge in [0.25, 0.3) is 5.56 Å². The predicted molar refractivity (Wildman–Crippen MR) is 107 cm³/mol. The molecule has 2 heterocycles. The molecule has 1 amide bonds. The SMILES string of the molecule is COc1ccc(OC)c(-c2nnc(NC(=O)C(C)Sc3nccc(=O)[nH]3)s2)c1. The van der Waals surface area contributed by atoms with Crippen molar-refractivity contribution < 1.29 is 14.3 Å². The average Bonchev–Trinajstić information content (AvgIpc) is 3.15. The van der Waals surface area contributed by atoms with Gasteiger partial charge in [-0.25, -0.2) is 4.98 Å². The number of nitrogens with one attached hydrogen (secondary N) is 2. The summed E-state index contributed by atoms with van der Waals surface area (Å²) in [7, 11) is 3.14. The van der Waals surface area contributed by atoms with E-state index >= 15 is 0 Å². The number of hydrogen-bond acceptors (Lipinski definition) is 9. The third-order valence-corrected chi connectivity index (χ3v) is 5.47. The quantitative estimate of drug-likeness (QED) is 0.443. The Labute approximate surface area is 168 Å². The topological polar surface area (TPSA) is 119 Å². The Morgan fingerprint density at radius 1 is 1.25 bits per heavy atom. The first-order valence-corrected chi connectivity index (χ1v) is 9.78. The Bertz CT molecular complexity index is 1040. The summed E-state index contributed by atoms with van der Waals surface area (Å²) in [4.78, 5) is 30.3. The highest BCUT2D eigenvalue weighted by Gasteiger charge is 2.19. The van der Waals surface area contributed by atoms with Crippen LogP contribution in [-0.4, -0.2) is 45.5 Å². The first kappa shape index (κ1) is 19.8. The Kier molecular flexibility index (Phi) is 6.26. The number of hydrogen-bond donors (Lipinski definition) is 2. The number of amides is 1. The van der Waals surface area contributed by atoms with Gasteiger partial charge in [-0.2, -0.15) is 0 Å². The second-order valence-electron chi connectivity index (χ2n) is 5.47. The van der Waals surface area contributed by atoms with Crippen LogP contribution < -0.4 is 20.3 Å². The summed E-state index contributed by atoms with van der Waals surface area (Å²) in [6.45, 7) is 1.71. The number of rotatable bonds is 7. The minimum Gasteiger partial charge on any atom is -0.497 e. The van der Waals surface area contributed by atoms with Gasteiger partial charge < -0.3 is 14.5 Å². The van der Waals surface area contributed by atoms with Crippen LogP contribution in [0.5, 0.6) is 11.5 Å². The Morgan fingerprint density at radius 3 is 2.79 bits per heavy atom. The lowest BCUT2D eigenvalue weighted by Crippen LogP contribution is -2.23. The molecular formula is C17H17N5O4S2. The number of aromatic amines is 1. The normalized spacial score (nSPS) is 11.7. The lowest BCUT2D eigenvalue weighted by Gasteiger charge is -2.09. The molecule has 1 aromatic carbocycles. The highest BCUT2D eigenvalue weighted by Crippen LogP contribution is 2.36. The number of methoxy groups -OCH3 is 2. The summed E-state index contributed by atoms with van der Waals surface area (Å²) < 4.78 is 10.6. The number of thioether (sulfide) groups is 1. The number of carbonyl (C=O) groups excluding carboxylic acids is 1. The molecule has 2 aromatic heterocycles. The summed E-state index contributed by atoms with van der Waals surface area (Å²) in [5.74, 6) is 1.00. The van der Waals surface area contributed by atoms with Crippen LogP contribution >= 0.6 is 23.1 Å². The average molecular weight is 419 g/mol. The van der Waals surface area contributed by atoms with Gasteiger partial charge in [0, 0.05) is 12.3 Å². The van der Waals surface area contributed by atoms with E-state index in [9.17, 15) is 9.59 Å². The van der Waals surface area contributed by atoms with Crippen molar-refractivity contribution in [2.24, 2.45) is 0 Å². The van der Waals surface area contributed by atoms with E-state index < -0.39 is 5.25 Å². The van der Waals surface area contributed by atoms with Crippen molar-refractivity contribution in [1.29, 1.82) is 0 Å². The number of carbonyl (C=O) groups is 1. The van der Waals surface area contributed by atoms with Gasteiger partial charge in [0.1, 0.15) is 11.5 Å². The van der Waals surface area contributed by atoms with Crippen LogP contribution in [0.25, 0.3) is 10.6 Å². The van der Waals surface area contributed by atoms with Crippen molar-refractivity contribution in [3.63, 3.8) is 0 Å². The van der Waals surface area contributed by atoms with Crippen molar-refractivity contribution in [2.75, 3.05) is 19.5 Å². The van der Waals surface area contributed by atoms with E-state index in [4.69, 9.17) is 9.47 Å². The molecule has 1 atom stereocenters. The molecule has 3 aromatic rings. The number of ether oxygens (including phenoxy) is 2.